The highest BCUT2D eigenvalue weighted by molar-refractivity contribution is 5.96. The van der Waals surface area contributed by atoms with E-state index in [1.54, 1.807) is 13.1 Å². The van der Waals surface area contributed by atoms with Crippen molar-refractivity contribution < 1.29 is 22.0 Å². The van der Waals surface area contributed by atoms with E-state index in [0.29, 0.717) is 46.8 Å². The molecule has 2 aromatic heterocycles. The second-order valence-electron chi connectivity index (χ2n) is 10.1. The predicted octanol–water partition coefficient (Wildman–Crippen LogP) is 7.72. The van der Waals surface area contributed by atoms with E-state index in [9.17, 15) is 22.0 Å². The number of nitrogens with one attached hydrogen (secondary N) is 3. The van der Waals surface area contributed by atoms with Crippen LogP contribution < -0.4 is 5.73 Å². The summed E-state index contributed by atoms with van der Waals surface area (Å²) in [5.41, 5.74) is 7.03. The van der Waals surface area contributed by atoms with Gasteiger partial charge in [0.15, 0.2) is 0 Å². The highest BCUT2D eigenvalue weighted by Gasteiger charge is 2.35. The summed E-state index contributed by atoms with van der Waals surface area (Å²) in [5.74, 6) is -1.89. The molecule has 0 spiro atoms. The summed E-state index contributed by atoms with van der Waals surface area (Å²) in [7, 11) is 1.67. The van der Waals surface area contributed by atoms with Crippen molar-refractivity contribution in [2.45, 2.75) is 83.4 Å². The Morgan fingerprint density at radius 1 is 1.17 bits per heavy atom. The molecule has 3 aromatic rings. The smallest absolute Gasteiger partial charge is 0.325 e. The monoisotopic (exact) mass is 579 g/mol. The maximum absolute atomic E-state index is 13.4. The summed E-state index contributed by atoms with van der Waals surface area (Å²) >= 11 is 0. The second kappa shape index (κ2) is 13.5. The molecule has 0 aliphatic heterocycles. The van der Waals surface area contributed by atoms with Crippen LogP contribution in [-0.4, -0.2) is 45.2 Å². The van der Waals surface area contributed by atoms with Crippen LogP contribution in [0, 0.1) is 16.7 Å². The average molecular weight is 580 g/mol. The molecule has 0 amide bonds. The molecule has 1 unspecified atom stereocenters. The Labute approximate surface area is 236 Å². The number of H-pyrrole nitrogens is 1. The predicted molar refractivity (Wildman–Crippen MR) is 151 cm³/mol. The van der Waals surface area contributed by atoms with Crippen LogP contribution in [-0.2, 0) is 12.7 Å². The van der Waals surface area contributed by atoms with Crippen molar-refractivity contribution in [1.82, 2.24) is 20.1 Å². The highest BCUT2D eigenvalue weighted by atomic mass is 19.4. The van der Waals surface area contributed by atoms with Gasteiger partial charge in [0.25, 0.3) is 0 Å². The van der Waals surface area contributed by atoms with Crippen molar-refractivity contribution in [3.63, 3.8) is 0 Å². The number of nitrogens with zero attached hydrogens (tertiary/aromatic N) is 3. The minimum atomic E-state index is -4.60. The number of halogens is 5. The maximum Gasteiger partial charge on any atom is 0.433 e. The molecular formula is C29H38F5N7. The van der Waals surface area contributed by atoms with Gasteiger partial charge in [0.1, 0.15) is 17.2 Å². The maximum atomic E-state index is 13.4. The molecule has 2 saturated carbocycles. The van der Waals surface area contributed by atoms with E-state index in [1.165, 1.54) is 4.90 Å². The molecule has 41 heavy (non-hydrogen) atoms. The Morgan fingerprint density at radius 3 is 2.32 bits per heavy atom. The molecule has 2 aliphatic carbocycles. The molecule has 5 rings (SSSR count). The van der Waals surface area contributed by atoms with Gasteiger partial charge in [0.05, 0.1) is 17.5 Å². The number of hydrogen-bond acceptors (Lipinski definition) is 5. The van der Waals surface area contributed by atoms with Crippen LogP contribution in [0.3, 0.4) is 0 Å². The summed E-state index contributed by atoms with van der Waals surface area (Å²) in [6.07, 6.45) is 1.26. The van der Waals surface area contributed by atoms with E-state index in [0.717, 1.165) is 37.2 Å². The third-order valence-electron chi connectivity index (χ3n) is 7.46. The molecule has 12 heteroatoms. The van der Waals surface area contributed by atoms with Crippen molar-refractivity contribution in [1.29, 1.82) is 10.8 Å². The largest absolute Gasteiger partial charge is 0.433 e. The molecule has 224 valence electrons. The van der Waals surface area contributed by atoms with E-state index in [1.807, 2.05) is 32.0 Å². The Morgan fingerprint density at radius 2 is 1.83 bits per heavy atom. The average Bonchev–Trinajstić information content (AvgIpc) is 3.55. The van der Waals surface area contributed by atoms with Gasteiger partial charge in [-0.15, -0.1) is 0 Å². The SMILES string of the molecule is CC.CN(C=N)C(=N)C(c1cccc(-c2n[nH]c3c(CN)nc(C(F)(F)F)cc23)c1)C1CCC1.FC1(F)CCCC1. The molecule has 0 saturated heterocycles. The van der Waals surface area contributed by atoms with Crippen molar-refractivity contribution >= 4 is 23.1 Å². The zero-order valence-corrected chi connectivity index (χ0v) is 23.6. The quantitative estimate of drug-likeness (QED) is 0.136. The number of aromatic amines is 1. The van der Waals surface area contributed by atoms with E-state index in [-0.39, 0.29) is 31.0 Å². The lowest BCUT2D eigenvalue weighted by Crippen LogP contribution is -2.36. The Kier molecular flexibility index (Phi) is 10.6. The summed E-state index contributed by atoms with van der Waals surface area (Å²) in [6, 6.07) is 8.40. The molecule has 0 bridgehead atoms. The van der Waals surface area contributed by atoms with E-state index in [4.69, 9.17) is 16.6 Å². The van der Waals surface area contributed by atoms with Crippen LogP contribution in [0.25, 0.3) is 22.2 Å². The first-order valence-corrected chi connectivity index (χ1v) is 13.9. The number of aromatic nitrogens is 3. The van der Waals surface area contributed by atoms with Crippen molar-refractivity contribution in [3.05, 3.63) is 47.3 Å². The zero-order valence-electron chi connectivity index (χ0n) is 23.6. The van der Waals surface area contributed by atoms with Gasteiger partial charge in [0.2, 0.25) is 5.92 Å². The number of nitrogens with two attached hydrogens (primary N) is 1. The molecular weight excluding hydrogens is 541 g/mol. The fraction of sp³-hybridized carbons (Fsp3) is 0.517. The number of alkyl halides is 5. The van der Waals surface area contributed by atoms with Crippen LogP contribution in [0.5, 0.6) is 0 Å². The molecule has 1 aromatic carbocycles. The van der Waals surface area contributed by atoms with Crippen LogP contribution in [0.2, 0.25) is 0 Å². The molecule has 0 radical (unpaired) electrons. The van der Waals surface area contributed by atoms with Crippen LogP contribution in [0.4, 0.5) is 22.0 Å². The molecule has 2 fully saturated rings. The summed E-state index contributed by atoms with van der Waals surface area (Å²) in [4.78, 5) is 5.14. The number of benzene rings is 1. The summed E-state index contributed by atoms with van der Waals surface area (Å²) in [6.45, 7) is 3.85. The van der Waals surface area contributed by atoms with Gasteiger partial charge in [-0.1, -0.05) is 38.5 Å². The zero-order chi connectivity index (χ0) is 30.4. The minimum absolute atomic E-state index is 0.103. The van der Waals surface area contributed by atoms with E-state index < -0.39 is 17.8 Å². The number of pyridine rings is 1. The normalized spacial score (nSPS) is 17.0. The molecule has 7 nitrogen and oxygen atoms in total. The lowest BCUT2D eigenvalue weighted by atomic mass is 9.72. The third-order valence-corrected chi connectivity index (χ3v) is 7.46. The standard InChI is InChI=1S/C22H24F3N7.C5H8F2.C2H6/c1-32(11-27)21(28)18(12-4-2-5-12)13-6-3-7-14(8-13)19-15-9-17(22(23,24)25)29-16(10-26)20(15)31-30-19;6-5(7)3-1-2-4-5;1-2/h3,6-9,11-12,18,27-28H,2,4-5,10,26H2,1H3,(H,30,31);1-4H2;1-2H3. The van der Waals surface area contributed by atoms with Crippen LogP contribution in [0.1, 0.15) is 81.7 Å². The molecule has 2 aliphatic rings. The first kappa shape index (κ1) is 32.1. The first-order valence-electron chi connectivity index (χ1n) is 13.9. The lowest BCUT2D eigenvalue weighted by molar-refractivity contribution is -0.141. The topological polar surface area (TPSA) is 119 Å². The van der Waals surface area contributed by atoms with Gasteiger partial charge in [-0.2, -0.15) is 18.3 Å². The van der Waals surface area contributed by atoms with Gasteiger partial charge in [-0.3, -0.25) is 15.9 Å². The third kappa shape index (κ3) is 7.46. The van der Waals surface area contributed by atoms with Crippen molar-refractivity contribution in [2.24, 2.45) is 11.7 Å². The van der Waals surface area contributed by atoms with Crippen LogP contribution >= 0.6 is 0 Å². The molecule has 5 N–H and O–H groups in total. The number of hydrogen-bond donors (Lipinski definition) is 4. The fourth-order valence-electron chi connectivity index (χ4n) is 5.08. The Hall–Kier alpha value is -3.41. The van der Waals surface area contributed by atoms with Gasteiger partial charge < -0.3 is 10.6 Å². The summed E-state index contributed by atoms with van der Waals surface area (Å²) in [5, 5.41) is 23.5. The Bertz CT molecular complexity index is 1320. The van der Waals surface area contributed by atoms with E-state index >= 15 is 0 Å². The van der Waals surface area contributed by atoms with E-state index in [2.05, 4.69) is 15.2 Å². The second-order valence-corrected chi connectivity index (χ2v) is 10.1. The summed E-state index contributed by atoms with van der Waals surface area (Å²) < 4.78 is 64.1. The number of fused-ring (bicyclic) bond motifs is 1. The van der Waals surface area contributed by atoms with Gasteiger partial charge >= 0.3 is 6.18 Å². The van der Waals surface area contributed by atoms with Crippen molar-refractivity contribution in [2.75, 3.05) is 7.05 Å². The fourth-order valence-corrected chi connectivity index (χ4v) is 5.08. The first-order chi connectivity index (χ1) is 19.4. The van der Waals surface area contributed by atoms with Crippen LogP contribution in [0.15, 0.2) is 30.3 Å². The number of likely N-dealkylation sites (N-methyl/N-ethyl adjacent to an activating group) is 1. The molecule has 1 atom stereocenters. The number of amidine groups is 1. The van der Waals surface area contributed by atoms with Gasteiger partial charge in [0, 0.05) is 43.3 Å². The van der Waals surface area contributed by atoms with Crippen molar-refractivity contribution in [3.8, 4) is 11.3 Å². The number of rotatable bonds is 6. The lowest BCUT2D eigenvalue weighted by Gasteiger charge is -2.36. The highest BCUT2D eigenvalue weighted by Crippen LogP contribution is 2.42. The Balaban J connectivity index is 0.000000443. The molecule has 2 heterocycles. The van der Waals surface area contributed by atoms with Gasteiger partial charge in [-0.05, 0) is 49.3 Å². The van der Waals surface area contributed by atoms with Gasteiger partial charge in [-0.25, -0.2) is 13.8 Å². The minimum Gasteiger partial charge on any atom is -0.325 e.